The Labute approximate surface area is 501 Å². The van der Waals surface area contributed by atoms with Crippen LogP contribution >= 0.6 is 0 Å². The second-order valence-corrected chi connectivity index (χ2v) is 22.7. The van der Waals surface area contributed by atoms with E-state index < -0.39 is 6.10 Å². The normalized spacial score (nSPS) is 12.8. The predicted molar refractivity (Wildman–Crippen MR) is 353 cm³/mol. The number of carbonyl (C=O) groups is 3. The van der Waals surface area contributed by atoms with Gasteiger partial charge in [-0.25, -0.2) is 0 Å². The first kappa shape index (κ1) is 77.1. The van der Waals surface area contributed by atoms with Crippen molar-refractivity contribution in [3.8, 4) is 0 Å². The van der Waals surface area contributed by atoms with E-state index in [1.54, 1.807) is 0 Å². The Morgan fingerprint density at radius 2 is 0.481 bits per heavy atom. The maximum Gasteiger partial charge on any atom is 0.306 e. The molecule has 6 heteroatoms. The minimum atomic E-state index is -0.806. The van der Waals surface area contributed by atoms with Crippen molar-refractivity contribution < 1.29 is 28.6 Å². The number of ether oxygens (including phenoxy) is 3. The predicted octanol–water partition coefficient (Wildman–Crippen LogP) is 23.8. The van der Waals surface area contributed by atoms with Crippen LogP contribution in [0, 0.1) is 0 Å². The minimum Gasteiger partial charge on any atom is -0.462 e. The second kappa shape index (κ2) is 68.6. The van der Waals surface area contributed by atoms with Gasteiger partial charge in [-0.15, -0.1) is 0 Å². The van der Waals surface area contributed by atoms with E-state index in [1.807, 2.05) is 0 Å². The van der Waals surface area contributed by atoms with Gasteiger partial charge in [0.15, 0.2) is 6.10 Å². The molecule has 1 unspecified atom stereocenters. The Morgan fingerprint density at radius 1 is 0.259 bits per heavy atom. The smallest absolute Gasteiger partial charge is 0.306 e. The van der Waals surface area contributed by atoms with Gasteiger partial charge in [0.2, 0.25) is 0 Å². The molecule has 0 amide bonds. The van der Waals surface area contributed by atoms with Crippen molar-refractivity contribution in [2.45, 2.75) is 335 Å². The minimum absolute atomic E-state index is 0.0965. The van der Waals surface area contributed by atoms with Crippen LogP contribution in [-0.2, 0) is 28.6 Å². The number of carbonyl (C=O) groups excluding carboxylic acids is 3. The molecular formula is C75H128O6. The number of unbranched alkanes of at least 4 members (excludes halogenated alkanes) is 33. The molecule has 0 rings (SSSR count). The number of hydrogen-bond donors (Lipinski definition) is 0. The lowest BCUT2D eigenvalue weighted by molar-refractivity contribution is -0.167. The third-order valence-electron chi connectivity index (χ3n) is 14.7. The summed E-state index contributed by atoms with van der Waals surface area (Å²) in [5.41, 5.74) is 0. The highest BCUT2D eigenvalue weighted by Gasteiger charge is 2.19. The zero-order chi connectivity index (χ0) is 58.5. The Balaban J connectivity index is 4.36. The highest BCUT2D eigenvalue weighted by molar-refractivity contribution is 5.71. The molecule has 81 heavy (non-hydrogen) atoms. The zero-order valence-corrected chi connectivity index (χ0v) is 53.3. The molecule has 0 aliphatic heterocycles. The fraction of sp³-hybridized carbons (Fsp3) is 0.720. The number of hydrogen-bond acceptors (Lipinski definition) is 6. The summed E-state index contributed by atoms with van der Waals surface area (Å²) in [5, 5.41) is 0. The standard InChI is InChI=1S/C75H128O6/c1-4-7-10-13-16-19-22-25-28-30-32-34-35-36-37-38-39-41-42-44-47-50-53-56-59-62-65-68-74(77)80-71-72(70-79-73(76)67-64-61-58-55-52-49-46-27-24-21-18-15-12-9-6-3)81-75(78)69-66-63-60-57-54-51-48-45-43-40-33-31-29-26-23-20-17-14-11-8-5-2/h9,12,18,21-23,25-27,30-33,43,45-46,52,55,72H,4-8,10-11,13-17,19-20,24,28-29,34-42,44,47-51,53-54,56-71H2,1-3H3/b12-9-,21-18-,25-22-,26-23-,32-30-,33-31-,45-43-,46-27-,55-52-. The van der Waals surface area contributed by atoms with Gasteiger partial charge in [0.1, 0.15) is 13.2 Å². The number of esters is 3. The van der Waals surface area contributed by atoms with E-state index in [2.05, 4.69) is 130 Å². The first-order valence-corrected chi connectivity index (χ1v) is 34.4. The summed E-state index contributed by atoms with van der Waals surface area (Å²) < 4.78 is 16.9. The largest absolute Gasteiger partial charge is 0.462 e. The van der Waals surface area contributed by atoms with Gasteiger partial charge in [0.05, 0.1) is 0 Å². The van der Waals surface area contributed by atoms with Crippen LogP contribution in [0.5, 0.6) is 0 Å². The molecule has 0 fully saturated rings. The third-order valence-corrected chi connectivity index (χ3v) is 14.7. The summed E-state index contributed by atoms with van der Waals surface area (Å²) >= 11 is 0. The van der Waals surface area contributed by atoms with Crippen LogP contribution in [0.15, 0.2) is 109 Å². The van der Waals surface area contributed by atoms with E-state index in [4.69, 9.17) is 14.2 Å². The van der Waals surface area contributed by atoms with Gasteiger partial charge in [-0.1, -0.05) is 291 Å². The summed E-state index contributed by atoms with van der Waals surface area (Å²) in [6, 6.07) is 0. The average molecular weight is 1130 g/mol. The van der Waals surface area contributed by atoms with Crippen LogP contribution in [0.4, 0.5) is 0 Å². The van der Waals surface area contributed by atoms with Crippen LogP contribution in [0.2, 0.25) is 0 Å². The monoisotopic (exact) mass is 1120 g/mol. The molecule has 0 aliphatic rings. The molecule has 0 aromatic carbocycles. The van der Waals surface area contributed by atoms with Crippen LogP contribution in [-0.4, -0.2) is 37.2 Å². The second-order valence-electron chi connectivity index (χ2n) is 22.7. The maximum absolute atomic E-state index is 12.9. The molecule has 0 bridgehead atoms. The highest BCUT2D eigenvalue weighted by atomic mass is 16.6. The summed E-state index contributed by atoms with van der Waals surface area (Å²) in [5.74, 6) is -0.942. The fourth-order valence-electron chi connectivity index (χ4n) is 9.59. The van der Waals surface area contributed by atoms with Crippen molar-refractivity contribution in [2.75, 3.05) is 13.2 Å². The van der Waals surface area contributed by atoms with Gasteiger partial charge >= 0.3 is 17.9 Å². The Bertz CT molecular complexity index is 1620. The lowest BCUT2D eigenvalue weighted by Gasteiger charge is -2.18. The highest BCUT2D eigenvalue weighted by Crippen LogP contribution is 2.16. The van der Waals surface area contributed by atoms with Crippen LogP contribution in [0.3, 0.4) is 0 Å². The summed E-state index contributed by atoms with van der Waals surface area (Å²) in [7, 11) is 0. The van der Waals surface area contributed by atoms with Gasteiger partial charge in [-0.2, -0.15) is 0 Å². The van der Waals surface area contributed by atoms with Crippen molar-refractivity contribution in [1.29, 1.82) is 0 Å². The zero-order valence-electron chi connectivity index (χ0n) is 53.3. The van der Waals surface area contributed by atoms with Crippen LogP contribution < -0.4 is 0 Å². The van der Waals surface area contributed by atoms with Gasteiger partial charge in [0.25, 0.3) is 0 Å². The van der Waals surface area contributed by atoms with Crippen molar-refractivity contribution >= 4 is 17.9 Å². The first-order valence-electron chi connectivity index (χ1n) is 34.4. The maximum atomic E-state index is 12.9. The lowest BCUT2D eigenvalue weighted by Crippen LogP contribution is -2.30. The van der Waals surface area contributed by atoms with Crippen LogP contribution in [0.1, 0.15) is 329 Å². The van der Waals surface area contributed by atoms with Gasteiger partial charge < -0.3 is 14.2 Å². The first-order chi connectivity index (χ1) is 40.0. The van der Waals surface area contributed by atoms with E-state index in [-0.39, 0.29) is 31.1 Å². The average Bonchev–Trinajstić information content (AvgIpc) is 3.47. The van der Waals surface area contributed by atoms with E-state index in [0.717, 1.165) is 116 Å². The van der Waals surface area contributed by atoms with Crippen LogP contribution in [0.25, 0.3) is 0 Å². The summed E-state index contributed by atoms with van der Waals surface area (Å²) in [6.07, 6.45) is 94.0. The number of allylic oxidation sites excluding steroid dienone is 18. The molecule has 0 heterocycles. The van der Waals surface area contributed by atoms with Crippen molar-refractivity contribution in [2.24, 2.45) is 0 Å². The fourth-order valence-corrected chi connectivity index (χ4v) is 9.59. The number of rotatable bonds is 62. The van der Waals surface area contributed by atoms with Crippen molar-refractivity contribution in [1.82, 2.24) is 0 Å². The molecule has 0 aromatic heterocycles. The molecule has 0 aromatic rings. The molecular weight excluding hydrogens is 997 g/mol. The van der Waals surface area contributed by atoms with Gasteiger partial charge in [-0.05, 0) is 128 Å². The molecule has 0 N–H and O–H groups in total. The van der Waals surface area contributed by atoms with E-state index in [1.165, 1.54) is 173 Å². The summed E-state index contributed by atoms with van der Waals surface area (Å²) in [4.78, 5) is 38.4. The van der Waals surface area contributed by atoms with Gasteiger partial charge in [0, 0.05) is 19.3 Å². The van der Waals surface area contributed by atoms with Crippen molar-refractivity contribution in [3.63, 3.8) is 0 Å². The third kappa shape index (κ3) is 66.8. The molecule has 0 aliphatic carbocycles. The SMILES string of the molecule is CC/C=C\C/C=C\C/C=C\C/C=C\CCCCC(=O)OCC(COC(=O)CCCCCCCCCCCCCCCCC/C=C\C/C=C\CCCCCCC)OC(=O)CCCCCCCC/C=C\C/C=C\C/C=C\CCCCCCC. The van der Waals surface area contributed by atoms with Gasteiger partial charge in [-0.3, -0.25) is 14.4 Å². The Hall–Kier alpha value is -3.93. The van der Waals surface area contributed by atoms with E-state index in [0.29, 0.717) is 19.3 Å². The van der Waals surface area contributed by atoms with E-state index in [9.17, 15) is 14.4 Å². The molecule has 1 atom stereocenters. The van der Waals surface area contributed by atoms with Crippen molar-refractivity contribution in [3.05, 3.63) is 109 Å². The molecule has 464 valence electrons. The lowest BCUT2D eigenvalue weighted by atomic mass is 10.0. The molecule has 6 nitrogen and oxygen atoms in total. The quantitative estimate of drug-likeness (QED) is 0.0261. The topological polar surface area (TPSA) is 78.9 Å². The molecule has 0 saturated heterocycles. The summed E-state index contributed by atoms with van der Waals surface area (Å²) in [6.45, 7) is 6.49. The molecule has 0 saturated carbocycles. The van der Waals surface area contributed by atoms with E-state index >= 15 is 0 Å². The Kier molecular flexibility index (Phi) is 65.2. The Morgan fingerprint density at radius 3 is 0.778 bits per heavy atom. The molecule has 0 spiro atoms. The molecule has 0 radical (unpaired) electrons.